The molecule has 2 aromatic rings. The summed E-state index contributed by atoms with van der Waals surface area (Å²) in [4.78, 5) is 24.0. The lowest BCUT2D eigenvalue weighted by Gasteiger charge is -2.33. The van der Waals surface area contributed by atoms with Gasteiger partial charge >= 0.3 is 6.03 Å². The predicted molar refractivity (Wildman–Crippen MR) is 117 cm³/mol. The first-order chi connectivity index (χ1) is 14.9. The van der Waals surface area contributed by atoms with Gasteiger partial charge in [0.2, 0.25) is 5.95 Å². The van der Waals surface area contributed by atoms with E-state index in [1.54, 1.807) is 11.1 Å². The molecule has 1 aromatic carbocycles. The molecule has 31 heavy (non-hydrogen) atoms. The van der Waals surface area contributed by atoms with Crippen molar-refractivity contribution in [2.24, 2.45) is 0 Å². The van der Waals surface area contributed by atoms with E-state index < -0.39 is 11.6 Å². The maximum Gasteiger partial charge on any atom is 0.319 e. The molecule has 2 heterocycles. The molecule has 0 radical (unpaired) electrons. The van der Waals surface area contributed by atoms with E-state index in [-0.39, 0.29) is 24.8 Å². The number of nitrogens with zero attached hydrogens (tertiary/aromatic N) is 3. The van der Waals surface area contributed by atoms with Crippen molar-refractivity contribution in [3.63, 3.8) is 0 Å². The number of hydrogen-bond donors (Lipinski definition) is 4. The zero-order valence-corrected chi connectivity index (χ0v) is 18.1. The van der Waals surface area contributed by atoms with E-state index in [1.807, 2.05) is 44.2 Å². The van der Waals surface area contributed by atoms with Crippen LogP contribution in [0.1, 0.15) is 62.4 Å². The summed E-state index contributed by atoms with van der Waals surface area (Å²) in [7, 11) is 0. The normalized spacial score (nSPS) is 23.2. The second kappa shape index (κ2) is 8.80. The summed E-state index contributed by atoms with van der Waals surface area (Å²) in [5.74, 6) is 0.565. The molecule has 1 fully saturated rings. The van der Waals surface area contributed by atoms with Gasteiger partial charge in [-0.3, -0.25) is 0 Å². The van der Waals surface area contributed by atoms with E-state index in [4.69, 9.17) is 4.98 Å². The number of rotatable bonds is 5. The standard InChI is InChI=1S/C23H31N5O3/c1-23(2)18-12-24-21(25-16-8-10-17(30)11-9-16)26-19(18)13-28(23)22(31)27-20(14-29)15-6-4-3-5-7-15/h3-7,12,16-17,20,29-30H,8-11,13-14H2,1-2H3,(H,27,31)(H,24,25,26)/t16-,17-,20-/m1/s1. The van der Waals surface area contributed by atoms with Crippen molar-refractivity contribution in [1.82, 2.24) is 20.2 Å². The van der Waals surface area contributed by atoms with E-state index >= 15 is 0 Å². The summed E-state index contributed by atoms with van der Waals surface area (Å²) < 4.78 is 0. The first kappa shape index (κ1) is 21.5. The van der Waals surface area contributed by atoms with Crippen molar-refractivity contribution in [3.05, 3.63) is 53.3 Å². The lowest BCUT2D eigenvalue weighted by molar-refractivity contribution is 0.126. The van der Waals surface area contributed by atoms with Gasteiger partial charge in [-0.05, 0) is 45.1 Å². The lowest BCUT2D eigenvalue weighted by Crippen LogP contribution is -2.47. The number of benzene rings is 1. The second-order valence-electron chi connectivity index (χ2n) is 8.94. The number of urea groups is 1. The molecule has 0 unspecified atom stereocenters. The molecular weight excluding hydrogens is 394 g/mol. The summed E-state index contributed by atoms with van der Waals surface area (Å²) in [6.45, 7) is 4.16. The molecule has 4 N–H and O–H groups in total. The fourth-order valence-corrected chi connectivity index (χ4v) is 4.49. The molecule has 1 saturated carbocycles. The van der Waals surface area contributed by atoms with E-state index in [2.05, 4.69) is 15.6 Å². The van der Waals surface area contributed by atoms with Crippen molar-refractivity contribution in [3.8, 4) is 0 Å². The minimum absolute atomic E-state index is 0.180. The highest BCUT2D eigenvalue weighted by Gasteiger charge is 2.42. The van der Waals surface area contributed by atoms with Crippen LogP contribution in [-0.2, 0) is 12.1 Å². The number of carbonyl (C=O) groups excluding carboxylic acids is 1. The molecule has 0 saturated heterocycles. The largest absolute Gasteiger partial charge is 0.394 e. The van der Waals surface area contributed by atoms with Crippen LogP contribution in [0.5, 0.6) is 0 Å². The second-order valence-corrected chi connectivity index (χ2v) is 8.94. The molecule has 8 nitrogen and oxygen atoms in total. The van der Waals surface area contributed by atoms with Gasteiger partial charge in [-0.25, -0.2) is 14.8 Å². The number of hydrogen-bond acceptors (Lipinski definition) is 6. The summed E-state index contributed by atoms with van der Waals surface area (Å²) in [5, 5.41) is 25.8. The molecule has 1 aliphatic heterocycles. The third-order valence-electron chi connectivity index (χ3n) is 6.47. The quantitative estimate of drug-likeness (QED) is 0.586. The monoisotopic (exact) mass is 425 g/mol. The Morgan fingerprint density at radius 3 is 2.61 bits per heavy atom. The first-order valence-electron chi connectivity index (χ1n) is 10.9. The van der Waals surface area contributed by atoms with E-state index in [0.717, 1.165) is 42.5 Å². The van der Waals surface area contributed by atoms with Gasteiger partial charge in [0.15, 0.2) is 0 Å². The summed E-state index contributed by atoms with van der Waals surface area (Å²) >= 11 is 0. The highest BCUT2D eigenvalue weighted by Crippen LogP contribution is 2.38. The van der Waals surface area contributed by atoms with Crippen LogP contribution < -0.4 is 10.6 Å². The van der Waals surface area contributed by atoms with Crippen LogP contribution in [-0.4, -0.2) is 49.9 Å². The number of aliphatic hydroxyl groups excluding tert-OH is 2. The van der Waals surface area contributed by atoms with Gasteiger partial charge in [0, 0.05) is 17.8 Å². The average molecular weight is 426 g/mol. The fraction of sp³-hybridized carbons (Fsp3) is 0.522. The zero-order chi connectivity index (χ0) is 22.0. The van der Waals surface area contributed by atoms with Crippen molar-refractivity contribution in [2.75, 3.05) is 11.9 Å². The Morgan fingerprint density at radius 1 is 1.23 bits per heavy atom. The Bertz CT molecular complexity index is 913. The molecule has 8 heteroatoms. The maximum absolute atomic E-state index is 13.1. The van der Waals surface area contributed by atoms with Gasteiger partial charge in [-0.2, -0.15) is 0 Å². The number of fused-ring (bicyclic) bond motifs is 1. The summed E-state index contributed by atoms with van der Waals surface area (Å²) in [6.07, 6.45) is 4.96. The third kappa shape index (κ3) is 4.50. The van der Waals surface area contributed by atoms with Gasteiger partial charge < -0.3 is 25.7 Å². The summed E-state index contributed by atoms with van der Waals surface area (Å²) in [6, 6.07) is 8.98. The highest BCUT2D eigenvalue weighted by atomic mass is 16.3. The van der Waals surface area contributed by atoms with Crippen molar-refractivity contribution in [1.29, 1.82) is 0 Å². The van der Waals surface area contributed by atoms with Crippen LogP contribution in [0.2, 0.25) is 0 Å². The van der Waals surface area contributed by atoms with Gasteiger partial charge in [0.1, 0.15) is 0 Å². The zero-order valence-electron chi connectivity index (χ0n) is 18.1. The van der Waals surface area contributed by atoms with Crippen molar-refractivity contribution in [2.45, 2.75) is 69.8 Å². The Labute approximate surface area is 182 Å². The van der Waals surface area contributed by atoms with E-state index in [1.165, 1.54) is 0 Å². The molecule has 166 valence electrons. The molecule has 2 aliphatic rings. The molecule has 0 bridgehead atoms. The Morgan fingerprint density at radius 2 is 1.94 bits per heavy atom. The van der Waals surface area contributed by atoms with Gasteiger partial charge in [0.25, 0.3) is 0 Å². The van der Waals surface area contributed by atoms with Crippen LogP contribution in [0.4, 0.5) is 10.7 Å². The number of nitrogens with one attached hydrogen (secondary N) is 2. The minimum atomic E-state index is -0.566. The van der Waals surface area contributed by atoms with Crippen LogP contribution >= 0.6 is 0 Å². The number of aromatic nitrogens is 2. The van der Waals surface area contributed by atoms with Crippen molar-refractivity contribution >= 4 is 12.0 Å². The number of aliphatic hydroxyl groups is 2. The van der Waals surface area contributed by atoms with Gasteiger partial charge in [-0.15, -0.1) is 0 Å². The van der Waals surface area contributed by atoms with E-state index in [9.17, 15) is 15.0 Å². The van der Waals surface area contributed by atoms with Crippen LogP contribution in [0, 0.1) is 0 Å². The average Bonchev–Trinajstić information content (AvgIpc) is 3.04. The topological polar surface area (TPSA) is 111 Å². The molecular formula is C23H31N5O3. The third-order valence-corrected chi connectivity index (χ3v) is 6.47. The maximum atomic E-state index is 13.1. The SMILES string of the molecule is CC1(C)c2cnc(N[C@H]3CC[C@H](O)CC3)nc2CN1C(=O)N[C@H](CO)c1ccccc1. The Hall–Kier alpha value is -2.71. The molecule has 1 aliphatic carbocycles. The first-order valence-corrected chi connectivity index (χ1v) is 10.9. The molecule has 2 amide bonds. The number of carbonyl (C=O) groups is 1. The van der Waals surface area contributed by atoms with Gasteiger partial charge in [0.05, 0.1) is 36.5 Å². The Balaban J connectivity index is 1.46. The highest BCUT2D eigenvalue weighted by molar-refractivity contribution is 5.77. The van der Waals surface area contributed by atoms with Crippen LogP contribution in [0.25, 0.3) is 0 Å². The molecule has 0 spiro atoms. The Kier molecular flexibility index (Phi) is 6.11. The van der Waals surface area contributed by atoms with Crippen LogP contribution in [0.3, 0.4) is 0 Å². The molecule has 1 aromatic heterocycles. The van der Waals surface area contributed by atoms with E-state index in [0.29, 0.717) is 12.5 Å². The lowest BCUT2D eigenvalue weighted by atomic mass is 9.93. The number of amides is 2. The predicted octanol–water partition coefficient (Wildman–Crippen LogP) is 2.69. The smallest absolute Gasteiger partial charge is 0.319 e. The summed E-state index contributed by atoms with van der Waals surface area (Å²) in [5.41, 5.74) is 2.04. The van der Waals surface area contributed by atoms with Crippen molar-refractivity contribution < 1.29 is 15.0 Å². The number of anilines is 1. The minimum Gasteiger partial charge on any atom is -0.394 e. The van der Waals surface area contributed by atoms with Gasteiger partial charge in [-0.1, -0.05) is 30.3 Å². The fourth-order valence-electron chi connectivity index (χ4n) is 4.49. The molecule has 4 rings (SSSR count). The van der Waals surface area contributed by atoms with Crippen LogP contribution in [0.15, 0.2) is 36.5 Å². The molecule has 1 atom stereocenters.